The predicted octanol–water partition coefficient (Wildman–Crippen LogP) is 0.133. The van der Waals surface area contributed by atoms with E-state index in [1.165, 1.54) is 6.92 Å². The second-order valence-corrected chi connectivity index (χ2v) is 3.21. The molecular formula is C7H12O6P+. The third-order valence-electron chi connectivity index (χ3n) is 1.19. The van der Waals surface area contributed by atoms with Crippen molar-refractivity contribution in [3.8, 4) is 0 Å². The monoisotopic (exact) mass is 223 g/mol. The van der Waals surface area contributed by atoms with Crippen molar-refractivity contribution in [1.29, 1.82) is 0 Å². The number of carbonyl (C=O) groups is 1. The van der Waals surface area contributed by atoms with Gasteiger partial charge in [0.15, 0.2) is 6.10 Å². The van der Waals surface area contributed by atoms with Crippen molar-refractivity contribution < 1.29 is 28.6 Å². The number of esters is 1. The molecule has 2 atom stereocenters. The van der Waals surface area contributed by atoms with Crippen molar-refractivity contribution in [1.82, 2.24) is 0 Å². The van der Waals surface area contributed by atoms with Gasteiger partial charge in [-0.1, -0.05) is 6.58 Å². The van der Waals surface area contributed by atoms with Crippen molar-refractivity contribution in [2.24, 2.45) is 0 Å². The highest BCUT2D eigenvalue weighted by Crippen LogP contribution is 2.18. The van der Waals surface area contributed by atoms with Gasteiger partial charge in [-0.25, -0.2) is 4.79 Å². The summed E-state index contributed by atoms with van der Waals surface area (Å²) in [6.45, 7) is 4.00. The highest BCUT2D eigenvalue weighted by atomic mass is 31.1. The lowest BCUT2D eigenvalue weighted by atomic mass is 10.3. The maximum atomic E-state index is 10.9. The van der Waals surface area contributed by atoms with Gasteiger partial charge in [-0.05, 0) is 6.92 Å². The van der Waals surface area contributed by atoms with Gasteiger partial charge in [0.25, 0.3) is 0 Å². The van der Waals surface area contributed by atoms with E-state index in [-0.39, 0.29) is 12.2 Å². The number of carbonyl (C=O) groups excluding carboxylic acids is 1. The molecule has 0 aromatic carbocycles. The molecule has 0 spiro atoms. The Bertz CT molecular complexity index is 238. The Hall–Kier alpha value is -0.810. The van der Waals surface area contributed by atoms with E-state index in [0.717, 1.165) is 0 Å². The van der Waals surface area contributed by atoms with Crippen LogP contribution in [0.3, 0.4) is 0 Å². The Kier molecular flexibility index (Phi) is 6.23. The van der Waals surface area contributed by atoms with Crippen molar-refractivity contribution in [2.75, 3.05) is 13.2 Å². The van der Waals surface area contributed by atoms with Crippen LogP contribution in [0.4, 0.5) is 0 Å². The lowest BCUT2D eigenvalue weighted by molar-refractivity contribution is -0.142. The number of hydrogen-bond acceptors (Lipinski definition) is 5. The van der Waals surface area contributed by atoms with E-state index in [0.29, 0.717) is 0 Å². The summed E-state index contributed by atoms with van der Waals surface area (Å²) in [6.07, 6.45) is -0.994. The largest absolute Gasteiger partial charge is 0.695 e. The summed E-state index contributed by atoms with van der Waals surface area (Å²) in [5, 5.41) is 8.65. The molecule has 2 unspecified atom stereocenters. The highest BCUT2D eigenvalue weighted by molar-refractivity contribution is 7.32. The van der Waals surface area contributed by atoms with Gasteiger partial charge in [-0.3, -0.25) is 0 Å². The first-order valence-electron chi connectivity index (χ1n) is 3.73. The number of ether oxygens (including phenoxy) is 1. The quantitative estimate of drug-likeness (QED) is 0.377. The van der Waals surface area contributed by atoms with Crippen LogP contribution in [0, 0.1) is 0 Å². The molecule has 0 fully saturated rings. The molecule has 0 bridgehead atoms. The molecular weight excluding hydrogens is 211 g/mol. The zero-order valence-corrected chi connectivity index (χ0v) is 8.57. The van der Waals surface area contributed by atoms with E-state index in [2.05, 4.69) is 15.8 Å². The first-order valence-corrected chi connectivity index (χ1v) is 4.86. The van der Waals surface area contributed by atoms with Crippen LogP contribution >= 0.6 is 8.25 Å². The van der Waals surface area contributed by atoms with Crippen LogP contribution in [-0.2, 0) is 18.6 Å². The molecule has 0 aliphatic rings. The predicted molar refractivity (Wildman–Crippen MR) is 47.6 cm³/mol. The molecule has 0 saturated heterocycles. The second-order valence-electron chi connectivity index (χ2n) is 2.53. The Morgan fingerprint density at radius 2 is 2.21 bits per heavy atom. The molecule has 0 rings (SSSR count). The number of hydrogen-bond donors (Lipinski definition) is 2. The fraction of sp³-hybridized carbons (Fsp3) is 0.571. The average Bonchev–Trinajstić information content (AvgIpc) is 2.10. The van der Waals surface area contributed by atoms with E-state index >= 15 is 0 Å². The smallest absolute Gasteiger partial charge is 0.459 e. The standard InChI is InChI=1S/C7H11O6P/c1-5(2)7(9)12-4-6(3-8)13-14(10)11/h6,8H,1,3-4H2,2H3/p+1. The van der Waals surface area contributed by atoms with Gasteiger partial charge in [0.05, 0.1) is 6.61 Å². The van der Waals surface area contributed by atoms with Gasteiger partial charge in [0.2, 0.25) is 0 Å². The van der Waals surface area contributed by atoms with Gasteiger partial charge < -0.3 is 9.84 Å². The minimum atomic E-state index is -2.82. The Morgan fingerprint density at radius 1 is 1.64 bits per heavy atom. The summed E-state index contributed by atoms with van der Waals surface area (Å²) in [6, 6.07) is 0. The Labute approximate surface area is 82.1 Å². The van der Waals surface area contributed by atoms with Crippen LogP contribution in [0.2, 0.25) is 0 Å². The van der Waals surface area contributed by atoms with Crippen molar-refractivity contribution >= 4 is 14.2 Å². The van der Waals surface area contributed by atoms with Gasteiger partial charge in [0.1, 0.15) is 6.61 Å². The molecule has 0 heterocycles. The Morgan fingerprint density at radius 3 is 2.57 bits per heavy atom. The third kappa shape index (κ3) is 5.77. The zero-order valence-electron chi connectivity index (χ0n) is 7.67. The van der Waals surface area contributed by atoms with Gasteiger partial charge in [-0.15, -0.1) is 9.42 Å². The van der Waals surface area contributed by atoms with Crippen LogP contribution in [0.5, 0.6) is 0 Å². The van der Waals surface area contributed by atoms with Crippen molar-refractivity contribution in [3.63, 3.8) is 0 Å². The molecule has 0 aromatic rings. The highest BCUT2D eigenvalue weighted by Gasteiger charge is 2.23. The topological polar surface area (TPSA) is 93.1 Å². The number of rotatable bonds is 6. The van der Waals surface area contributed by atoms with Crippen molar-refractivity contribution in [3.05, 3.63) is 12.2 Å². The lowest BCUT2D eigenvalue weighted by Crippen LogP contribution is -2.23. The average molecular weight is 223 g/mol. The van der Waals surface area contributed by atoms with Gasteiger partial charge in [0, 0.05) is 10.1 Å². The molecule has 2 N–H and O–H groups in total. The lowest BCUT2D eigenvalue weighted by Gasteiger charge is -2.07. The number of aliphatic hydroxyl groups excluding tert-OH is 1. The fourth-order valence-electron chi connectivity index (χ4n) is 0.536. The van der Waals surface area contributed by atoms with Gasteiger partial charge >= 0.3 is 14.2 Å². The van der Waals surface area contributed by atoms with Crippen LogP contribution < -0.4 is 0 Å². The van der Waals surface area contributed by atoms with E-state index in [1.807, 2.05) is 0 Å². The summed E-state index contributed by atoms with van der Waals surface area (Å²) in [5.41, 5.74) is 0.204. The summed E-state index contributed by atoms with van der Waals surface area (Å²) in [4.78, 5) is 19.2. The van der Waals surface area contributed by atoms with Crippen LogP contribution in [-0.4, -0.2) is 35.3 Å². The maximum Gasteiger partial charge on any atom is 0.695 e. The first kappa shape index (κ1) is 13.2. The number of aliphatic hydroxyl groups is 1. The molecule has 0 radical (unpaired) electrons. The van der Waals surface area contributed by atoms with Crippen LogP contribution in [0.15, 0.2) is 12.2 Å². The van der Waals surface area contributed by atoms with Crippen molar-refractivity contribution in [2.45, 2.75) is 13.0 Å². The fourth-order valence-corrected chi connectivity index (χ4v) is 0.918. The minimum Gasteiger partial charge on any atom is -0.459 e. The molecule has 0 aliphatic carbocycles. The molecule has 0 aliphatic heterocycles. The minimum absolute atomic E-state index is 0.204. The summed E-state index contributed by atoms with van der Waals surface area (Å²) in [7, 11) is -2.82. The van der Waals surface area contributed by atoms with Crippen LogP contribution in [0.25, 0.3) is 0 Å². The molecule has 7 heteroatoms. The molecule has 14 heavy (non-hydrogen) atoms. The molecule has 0 saturated carbocycles. The molecule has 80 valence electrons. The third-order valence-corrected chi connectivity index (χ3v) is 1.67. The molecule has 0 aromatic heterocycles. The summed E-state index contributed by atoms with van der Waals surface area (Å²) < 4.78 is 19.1. The van der Waals surface area contributed by atoms with E-state index < -0.39 is 26.9 Å². The molecule has 6 nitrogen and oxygen atoms in total. The SMILES string of the molecule is C=C(C)C(=O)OCC(CO)O[P+](=O)O. The van der Waals surface area contributed by atoms with Crippen LogP contribution in [0.1, 0.15) is 6.92 Å². The normalized spacial score (nSPS) is 13.2. The maximum absolute atomic E-state index is 10.9. The Balaban J connectivity index is 3.89. The zero-order chi connectivity index (χ0) is 11.1. The molecule has 0 amide bonds. The summed E-state index contributed by atoms with van der Waals surface area (Å²) >= 11 is 0. The summed E-state index contributed by atoms with van der Waals surface area (Å²) in [5.74, 6) is -0.639. The van der Waals surface area contributed by atoms with E-state index in [1.54, 1.807) is 0 Å². The second kappa shape index (κ2) is 6.62. The first-order chi connectivity index (χ1) is 6.47. The van der Waals surface area contributed by atoms with Gasteiger partial charge in [-0.2, -0.15) is 0 Å². The van der Waals surface area contributed by atoms with E-state index in [9.17, 15) is 9.36 Å². The van der Waals surface area contributed by atoms with E-state index in [4.69, 9.17) is 10.00 Å².